The Kier molecular flexibility index (Phi) is 4.79. The van der Waals surface area contributed by atoms with Gasteiger partial charge in [0, 0.05) is 11.7 Å². The second-order valence-corrected chi connectivity index (χ2v) is 7.63. The topological polar surface area (TPSA) is 12.0 Å². The van der Waals surface area contributed by atoms with E-state index in [0.717, 1.165) is 0 Å². The molecule has 3 unspecified atom stereocenters. The van der Waals surface area contributed by atoms with Gasteiger partial charge in [-0.05, 0) is 46.9 Å². The summed E-state index contributed by atoms with van der Waals surface area (Å²) in [6.07, 6.45) is 0. The van der Waals surface area contributed by atoms with Crippen LogP contribution in [0.4, 0.5) is 5.69 Å². The van der Waals surface area contributed by atoms with Crippen molar-refractivity contribution in [3.8, 4) is 0 Å². The maximum Gasteiger partial charge on any atom is 0.0342 e. The Labute approximate surface area is 157 Å². The first-order valence-electron chi connectivity index (χ1n) is 9.67. The first kappa shape index (κ1) is 16.9. The molecule has 132 valence electrons. The van der Waals surface area contributed by atoms with Crippen LogP contribution in [0.1, 0.15) is 36.8 Å². The van der Waals surface area contributed by atoms with Crippen molar-refractivity contribution in [3.63, 3.8) is 0 Å². The second kappa shape index (κ2) is 7.37. The molecular weight excluding hydrogens is 314 g/mol. The van der Waals surface area contributed by atoms with Gasteiger partial charge in [0.1, 0.15) is 0 Å². The van der Waals surface area contributed by atoms with E-state index in [9.17, 15) is 0 Å². The molecule has 1 aliphatic rings. The van der Waals surface area contributed by atoms with E-state index in [-0.39, 0.29) is 0 Å². The minimum Gasteiger partial charge on any atom is -0.382 e. The van der Waals surface area contributed by atoms with Crippen LogP contribution in [-0.4, -0.2) is 6.04 Å². The molecule has 0 spiro atoms. The van der Waals surface area contributed by atoms with Gasteiger partial charge in [-0.25, -0.2) is 0 Å². The van der Waals surface area contributed by atoms with Crippen molar-refractivity contribution in [3.05, 3.63) is 102 Å². The molecule has 4 rings (SSSR count). The zero-order chi connectivity index (χ0) is 17.9. The summed E-state index contributed by atoms with van der Waals surface area (Å²) < 4.78 is 0. The molecule has 5 atom stereocenters. The van der Waals surface area contributed by atoms with Gasteiger partial charge in [-0.1, -0.05) is 92.7 Å². The molecule has 26 heavy (non-hydrogen) atoms. The first-order chi connectivity index (χ1) is 12.8. The van der Waals surface area contributed by atoms with E-state index >= 15 is 0 Å². The average molecular weight is 341 g/mol. The van der Waals surface area contributed by atoms with Crippen molar-refractivity contribution in [2.24, 2.45) is 11.8 Å². The highest BCUT2D eigenvalue weighted by atomic mass is 14.9. The van der Waals surface area contributed by atoms with Crippen LogP contribution in [0.2, 0.25) is 0 Å². The van der Waals surface area contributed by atoms with E-state index in [2.05, 4.69) is 110 Å². The van der Waals surface area contributed by atoms with Crippen LogP contribution in [0.15, 0.2) is 91.0 Å². The van der Waals surface area contributed by atoms with Crippen LogP contribution in [-0.2, 0) is 0 Å². The lowest BCUT2D eigenvalue weighted by Gasteiger charge is -2.25. The molecule has 0 bridgehead atoms. The number of rotatable bonds is 4. The maximum absolute atomic E-state index is 3.84. The fourth-order valence-corrected chi connectivity index (χ4v) is 4.94. The Morgan fingerprint density at radius 2 is 0.923 bits per heavy atom. The fraction of sp³-hybridized carbons (Fsp3) is 0.280. The van der Waals surface area contributed by atoms with E-state index in [1.54, 1.807) is 0 Å². The third-order valence-corrected chi connectivity index (χ3v) is 6.13. The lowest BCUT2D eigenvalue weighted by Crippen LogP contribution is -2.29. The molecule has 1 fully saturated rings. The summed E-state index contributed by atoms with van der Waals surface area (Å²) >= 11 is 0. The lowest BCUT2D eigenvalue weighted by atomic mass is 9.78. The fourth-order valence-electron chi connectivity index (χ4n) is 4.94. The van der Waals surface area contributed by atoms with Gasteiger partial charge in [-0.15, -0.1) is 0 Å². The molecule has 0 aliphatic heterocycles. The lowest BCUT2D eigenvalue weighted by molar-refractivity contribution is 0.470. The van der Waals surface area contributed by atoms with Crippen LogP contribution >= 0.6 is 0 Å². The van der Waals surface area contributed by atoms with E-state index in [0.29, 0.717) is 29.7 Å². The molecule has 0 saturated heterocycles. The van der Waals surface area contributed by atoms with Crippen LogP contribution in [0.5, 0.6) is 0 Å². The van der Waals surface area contributed by atoms with Crippen LogP contribution in [0.25, 0.3) is 0 Å². The molecule has 3 aromatic rings. The normalized spacial score (nSPS) is 28.0. The van der Waals surface area contributed by atoms with Crippen molar-refractivity contribution < 1.29 is 0 Å². The van der Waals surface area contributed by atoms with Gasteiger partial charge in [0.15, 0.2) is 0 Å². The summed E-state index contributed by atoms with van der Waals surface area (Å²) in [5.41, 5.74) is 4.13. The van der Waals surface area contributed by atoms with E-state index in [1.165, 1.54) is 16.8 Å². The third-order valence-electron chi connectivity index (χ3n) is 6.13. The van der Waals surface area contributed by atoms with Gasteiger partial charge in [-0.3, -0.25) is 0 Å². The van der Waals surface area contributed by atoms with Crippen molar-refractivity contribution in [2.45, 2.75) is 31.7 Å². The summed E-state index contributed by atoms with van der Waals surface area (Å²) in [5, 5.41) is 3.84. The molecule has 3 aromatic carbocycles. The van der Waals surface area contributed by atoms with Gasteiger partial charge in [-0.2, -0.15) is 0 Å². The zero-order valence-corrected chi connectivity index (χ0v) is 15.5. The maximum atomic E-state index is 3.84. The van der Waals surface area contributed by atoms with E-state index in [1.807, 2.05) is 0 Å². The highest BCUT2D eigenvalue weighted by Gasteiger charge is 2.47. The molecule has 0 heterocycles. The highest BCUT2D eigenvalue weighted by molar-refractivity contribution is 5.46. The Balaban J connectivity index is 1.72. The molecule has 1 aliphatic carbocycles. The van der Waals surface area contributed by atoms with Gasteiger partial charge < -0.3 is 5.32 Å². The van der Waals surface area contributed by atoms with Crippen molar-refractivity contribution >= 4 is 5.69 Å². The molecule has 1 saturated carbocycles. The molecule has 0 aromatic heterocycles. The number of hydrogen-bond acceptors (Lipinski definition) is 1. The van der Waals surface area contributed by atoms with Gasteiger partial charge in [0.05, 0.1) is 0 Å². The number of hydrogen-bond donors (Lipinski definition) is 1. The summed E-state index contributed by atoms with van der Waals surface area (Å²) in [6.45, 7) is 4.83. The minimum atomic E-state index is 0.452. The van der Waals surface area contributed by atoms with Crippen LogP contribution < -0.4 is 5.32 Å². The van der Waals surface area contributed by atoms with Crippen molar-refractivity contribution in [2.75, 3.05) is 5.32 Å². The average Bonchev–Trinajstić information content (AvgIpc) is 2.95. The second-order valence-electron chi connectivity index (χ2n) is 7.63. The van der Waals surface area contributed by atoms with E-state index < -0.39 is 0 Å². The quantitative estimate of drug-likeness (QED) is 0.585. The summed E-state index contributed by atoms with van der Waals surface area (Å²) in [6, 6.07) is 33.2. The Morgan fingerprint density at radius 1 is 0.538 bits per heavy atom. The predicted molar refractivity (Wildman–Crippen MR) is 111 cm³/mol. The van der Waals surface area contributed by atoms with Crippen LogP contribution in [0, 0.1) is 11.8 Å². The molecule has 1 N–H and O–H groups in total. The van der Waals surface area contributed by atoms with Crippen molar-refractivity contribution in [1.82, 2.24) is 0 Å². The standard InChI is InChI=1S/C25H27N/c1-18-23(20-12-6-3-7-13-20)24(21-14-8-4-9-15-21)19(2)25(18)26-22-16-10-5-11-17-22/h3-19,23-26H,1-2H3/t18?,19?,23-,24?,25-/m0/s1. The Morgan fingerprint density at radius 3 is 1.35 bits per heavy atom. The molecular formula is C25H27N. The largest absolute Gasteiger partial charge is 0.382 e. The Hall–Kier alpha value is -2.54. The predicted octanol–water partition coefficient (Wildman–Crippen LogP) is 6.32. The molecule has 0 radical (unpaired) electrons. The first-order valence-corrected chi connectivity index (χ1v) is 9.67. The summed E-state index contributed by atoms with van der Waals surface area (Å²) in [4.78, 5) is 0. The van der Waals surface area contributed by atoms with Crippen molar-refractivity contribution in [1.29, 1.82) is 0 Å². The Bertz CT molecular complexity index is 761. The van der Waals surface area contributed by atoms with Gasteiger partial charge in [0.25, 0.3) is 0 Å². The smallest absolute Gasteiger partial charge is 0.0342 e. The number of anilines is 1. The third kappa shape index (κ3) is 3.14. The van der Waals surface area contributed by atoms with E-state index in [4.69, 9.17) is 0 Å². The number of nitrogens with one attached hydrogen (secondary N) is 1. The zero-order valence-electron chi connectivity index (χ0n) is 15.5. The highest BCUT2D eigenvalue weighted by Crippen LogP contribution is 2.53. The monoisotopic (exact) mass is 341 g/mol. The van der Waals surface area contributed by atoms with Gasteiger partial charge in [0.2, 0.25) is 0 Å². The van der Waals surface area contributed by atoms with Gasteiger partial charge >= 0.3 is 0 Å². The number of benzene rings is 3. The molecule has 1 nitrogen and oxygen atoms in total. The SMILES string of the molecule is CC1C(c2ccccc2)[C@H](c2ccccc2)C(C)[C@@H]1Nc1ccccc1. The summed E-state index contributed by atoms with van der Waals surface area (Å²) in [7, 11) is 0. The summed E-state index contributed by atoms with van der Waals surface area (Å²) in [5.74, 6) is 2.15. The molecule has 1 heteroatoms. The van der Waals surface area contributed by atoms with Crippen LogP contribution in [0.3, 0.4) is 0 Å². The molecule has 0 amide bonds. The number of para-hydroxylation sites is 1. The minimum absolute atomic E-state index is 0.452.